The summed E-state index contributed by atoms with van der Waals surface area (Å²) in [5.41, 5.74) is 1.92. The number of nitrogens with zero attached hydrogens (tertiary/aromatic N) is 4. The van der Waals surface area contributed by atoms with Gasteiger partial charge in [-0.15, -0.1) is 0 Å². The van der Waals surface area contributed by atoms with Gasteiger partial charge in [-0.3, -0.25) is 4.98 Å². The Hall–Kier alpha value is -1.91. The summed E-state index contributed by atoms with van der Waals surface area (Å²) < 4.78 is 1.87. The van der Waals surface area contributed by atoms with Crippen molar-refractivity contribution in [3.8, 4) is 5.69 Å². The Balaban J connectivity index is 2.47. The molecule has 0 aliphatic carbocycles. The summed E-state index contributed by atoms with van der Waals surface area (Å²) in [5, 5.41) is 7.55. The van der Waals surface area contributed by atoms with Crippen LogP contribution in [0.15, 0.2) is 18.5 Å². The molecule has 0 spiro atoms. The highest BCUT2D eigenvalue weighted by atomic mass is 15.4. The minimum Gasteiger partial charge on any atom is -0.387 e. The molecule has 0 bridgehead atoms. The van der Waals surface area contributed by atoms with Gasteiger partial charge >= 0.3 is 0 Å². The van der Waals surface area contributed by atoms with Gasteiger partial charge in [0, 0.05) is 19.9 Å². The molecular weight excluding hydrogens is 214 g/mol. The van der Waals surface area contributed by atoms with Crippen molar-refractivity contribution in [2.45, 2.75) is 26.7 Å². The summed E-state index contributed by atoms with van der Waals surface area (Å²) in [6, 6.07) is 2.01. The van der Waals surface area contributed by atoms with Gasteiger partial charge in [0.15, 0.2) is 5.82 Å². The van der Waals surface area contributed by atoms with Crippen LogP contribution in [-0.2, 0) is 12.8 Å². The molecule has 2 aromatic rings. The predicted molar refractivity (Wildman–Crippen MR) is 67.5 cm³/mol. The van der Waals surface area contributed by atoms with Crippen LogP contribution in [0.1, 0.15) is 25.5 Å². The zero-order valence-electron chi connectivity index (χ0n) is 10.4. The number of nitrogens with one attached hydrogen (secondary N) is 1. The highest BCUT2D eigenvalue weighted by molar-refractivity contribution is 5.47. The van der Waals surface area contributed by atoms with E-state index >= 15 is 0 Å². The molecule has 0 saturated carbocycles. The highest BCUT2D eigenvalue weighted by Gasteiger charge is 2.09. The Morgan fingerprint density at radius 1 is 1.24 bits per heavy atom. The zero-order chi connectivity index (χ0) is 12.3. The normalized spacial score (nSPS) is 10.5. The van der Waals surface area contributed by atoms with E-state index in [0.29, 0.717) is 0 Å². The van der Waals surface area contributed by atoms with Gasteiger partial charge < -0.3 is 5.32 Å². The number of aryl methyl sites for hydroxylation is 2. The molecule has 5 nitrogen and oxygen atoms in total. The lowest BCUT2D eigenvalue weighted by Crippen LogP contribution is -2.03. The molecule has 0 radical (unpaired) electrons. The van der Waals surface area contributed by atoms with Crippen LogP contribution >= 0.6 is 0 Å². The molecule has 2 heterocycles. The quantitative estimate of drug-likeness (QED) is 0.872. The van der Waals surface area contributed by atoms with E-state index in [4.69, 9.17) is 0 Å². The Morgan fingerprint density at radius 3 is 2.71 bits per heavy atom. The van der Waals surface area contributed by atoms with E-state index in [0.717, 1.165) is 35.9 Å². The van der Waals surface area contributed by atoms with Crippen LogP contribution in [0.5, 0.6) is 0 Å². The molecule has 0 unspecified atom stereocenters. The van der Waals surface area contributed by atoms with Gasteiger partial charge in [0.25, 0.3) is 0 Å². The van der Waals surface area contributed by atoms with Crippen molar-refractivity contribution in [1.82, 2.24) is 19.7 Å². The number of aromatic nitrogens is 4. The van der Waals surface area contributed by atoms with Crippen LogP contribution in [0.2, 0.25) is 0 Å². The molecule has 17 heavy (non-hydrogen) atoms. The third kappa shape index (κ3) is 2.27. The first kappa shape index (κ1) is 11.6. The Labute approximate surface area is 101 Å². The maximum atomic E-state index is 4.48. The first-order valence-corrected chi connectivity index (χ1v) is 5.86. The van der Waals surface area contributed by atoms with Crippen LogP contribution in [0.25, 0.3) is 5.69 Å². The molecule has 2 rings (SSSR count). The first-order valence-electron chi connectivity index (χ1n) is 5.86. The minimum absolute atomic E-state index is 0.846. The molecule has 0 aliphatic rings. The number of hydrogen-bond acceptors (Lipinski definition) is 4. The molecule has 0 fully saturated rings. The third-order valence-corrected chi connectivity index (χ3v) is 2.61. The fraction of sp³-hybridized carbons (Fsp3) is 0.417. The Bertz CT molecular complexity index is 503. The maximum Gasteiger partial charge on any atom is 0.151 e. The Morgan fingerprint density at radius 2 is 2.06 bits per heavy atom. The average Bonchev–Trinajstić information content (AvgIpc) is 2.82. The van der Waals surface area contributed by atoms with Crippen LogP contribution in [-0.4, -0.2) is 26.8 Å². The average molecular weight is 231 g/mol. The van der Waals surface area contributed by atoms with Crippen molar-refractivity contribution in [3.63, 3.8) is 0 Å². The molecule has 1 N–H and O–H groups in total. The fourth-order valence-electron chi connectivity index (χ4n) is 1.66. The van der Waals surface area contributed by atoms with Gasteiger partial charge in [0.1, 0.15) is 5.82 Å². The summed E-state index contributed by atoms with van der Waals surface area (Å²) in [6.45, 7) is 4.14. The molecule has 0 amide bonds. The minimum atomic E-state index is 0.846. The van der Waals surface area contributed by atoms with E-state index in [1.807, 2.05) is 17.8 Å². The van der Waals surface area contributed by atoms with Gasteiger partial charge in [0.2, 0.25) is 0 Å². The number of hydrogen-bond donors (Lipinski definition) is 1. The lowest BCUT2D eigenvalue weighted by Gasteiger charge is -2.05. The van der Waals surface area contributed by atoms with Crippen molar-refractivity contribution in [2.75, 3.05) is 12.4 Å². The second-order valence-electron chi connectivity index (χ2n) is 3.74. The largest absolute Gasteiger partial charge is 0.387 e. The second kappa shape index (κ2) is 4.95. The maximum absolute atomic E-state index is 4.48. The monoisotopic (exact) mass is 231 g/mol. The molecule has 0 aromatic carbocycles. The lowest BCUT2D eigenvalue weighted by atomic mass is 10.3. The van der Waals surface area contributed by atoms with Crippen molar-refractivity contribution < 1.29 is 0 Å². The SMILES string of the molecule is CCc1nc(CC)n(-c2cncc(NC)c2)n1. The molecule has 5 heteroatoms. The second-order valence-corrected chi connectivity index (χ2v) is 3.74. The standard InChI is InChI=1S/C12H17N5/c1-4-11-15-12(5-2)17(16-11)10-6-9(13-3)7-14-8-10/h6-8,13H,4-5H2,1-3H3. The van der Waals surface area contributed by atoms with E-state index in [2.05, 4.69) is 34.2 Å². The van der Waals surface area contributed by atoms with Gasteiger partial charge in [-0.25, -0.2) is 9.67 Å². The van der Waals surface area contributed by atoms with E-state index in [9.17, 15) is 0 Å². The molecule has 2 aromatic heterocycles. The zero-order valence-corrected chi connectivity index (χ0v) is 10.4. The number of pyridine rings is 1. The predicted octanol–water partition coefficient (Wildman–Crippen LogP) is 1.83. The van der Waals surface area contributed by atoms with Gasteiger partial charge in [0.05, 0.1) is 23.8 Å². The van der Waals surface area contributed by atoms with Crippen molar-refractivity contribution in [1.29, 1.82) is 0 Å². The summed E-state index contributed by atoms with van der Waals surface area (Å²) >= 11 is 0. The van der Waals surface area contributed by atoms with Crippen molar-refractivity contribution >= 4 is 5.69 Å². The van der Waals surface area contributed by atoms with Crippen LogP contribution in [0.3, 0.4) is 0 Å². The van der Waals surface area contributed by atoms with Gasteiger partial charge in [-0.1, -0.05) is 13.8 Å². The third-order valence-electron chi connectivity index (χ3n) is 2.61. The molecule has 0 saturated heterocycles. The molecule has 0 atom stereocenters. The molecule has 90 valence electrons. The van der Waals surface area contributed by atoms with Gasteiger partial charge in [-0.05, 0) is 6.07 Å². The summed E-state index contributed by atoms with van der Waals surface area (Å²) in [4.78, 5) is 8.67. The Kier molecular flexibility index (Phi) is 3.37. The van der Waals surface area contributed by atoms with Crippen LogP contribution in [0, 0.1) is 0 Å². The molecular formula is C12H17N5. The lowest BCUT2D eigenvalue weighted by molar-refractivity contribution is 0.787. The summed E-state index contributed by atoms with van der Waals surface area (Å²) in [5.74, 6) is 1.84. The first-order chi connectivity index (χ1) is 8.28. The number of rotatable bonds is 4. The van der Waals surface area contributed by atoms with E-state index in [-0.39, 0.29) is 0 Å². The topological polar surface area (TPSA) is 55.6 Å². The highest BCUT2D eigenvalue weighted by Crippen LogP contribution is 2.14. The van der Waals surface area contributed by atoms with Gasteiger partial charge in [-0.2, -0.15) is 5.10 Å². The van der Waals surface area contributed by atoms with Crippen LogP contribution < -0.4 is 5.32 Å². The van der Waals surface area contributed by atoms with Crippen molar-refractivity contribution in [3.05, 3.63) is 30.1 Å². The fourth-order valence-corrected chi connectivity index (χ4v) is 1.66. The summed E-state index contributed by atoms with van der Waals surface area (Å²) in [7, 11) is 1.88. The van der Waals surface area contributed by atoms with Crippen molar-refractivity contribution in [2.24, 2.45) is 0 Å². The summed E-state index contributed by atoms with van der Waals surface area (Å²) in [6.07, 6.45) is 5.29. The van der Waals surface area contributed by atoms with E-state index in [1.165, 1.54) is 0 Å². The van der Waals surface area contributed by atoms with E-state index in [1.54, 1.807) is 12.4 Å². The van der Waals surface area contributed by atoms with Crippen LogP contribution in [0.4, 0.5) is 5.69 Å². The number of anilines is 1. The molecule has 0 aliphatic heterocycles. The smallest absolute Gasteiger partial charge is 0.151 e. The van der Waals surface area contributed by atoms with E-state index < -0.39 is 0 Å².